The second-order valence-corrected chi connectivity index (χ2v) is 5.47. The van der Waals surface area contributed by atoms with Crippen LogP contribution in [0.1, 0.15) is 23.6 Å². The number of nitrogens with zero attached hydrogens (tertiary/aromatic N) is 3. The van der Waals surface area contributed by atoms with Crippen LogP contribution in [0, 0.1) is 13.8 Å². The fraction of sp³-hybridized carbons (Fsp3) is 0.375. The van der Waals surface area contributed by atoms with Gasteiger partial charge in [0.15, 0.2) is 0 Å². The molecule has 1 aromatic heterocycles. The Bertz CT molecular complexity index is 635. The Morgan fingerprint density at radius 3 is 2.71 bits per heavy atom. The number of rotatable bonds is 5. The number of carboxylic acids is 1. The lowest BCUT2D eigenvalue weighted by molar-refractivity contribution is -0.142. The summed E-state index contributed by atoms with van der Waals surface area (Å²) in [6, 6.07) is 5.55. The first kappa shape index (κ1) is 15.3. The van der Waals surface area contributed by atoms with Crippen LogP contribution in [0.3, 0.4) is 0 Å². The summed E-state index contributed by atoms with van der Waals surface area (Å²) in [7, 11) is 1.82. The first-order valence-corrected chi connectivity index (χ1v) is 6.93. The minimum Gasteiger partial charge on any atom is -0.480 e. The van der Waals surface area contributed by atoms with Gasteiger partial charge in [0.2, 0.25) is 0 Å². The summed E-state index contributed by atoms with van der Waals surface area (Å²) in [4.78, 5) is 12.9. The molecule has 0 aliphatic heterocycles. The molecular weight excluding hydrogens is 266 g/mol. The lowest BCUT2D eigenvalue weighted by Gasteiger charge is -2.23. The predicted octanol–water partition coefficient (Wildman–Crippen LogP) is 2.39. The molecule has 0 fully saturated rings. The summed E-state index contributed by atoms with van der Waals surface area (Å²) >= 11 is 0. The van der Waals surface area contributed by atoms with E-state index in [1.54, 1.807) is 13.1 Å². The number of carboxylic acid groups (broad SMARTS) is 1. The molecule has 0 aliphatic rings. The summed E-state index contributed by atoms with van der Waals surface area (Å²) in [5.74, 6) is -0.817. The van der Waals surface area contributed by atoms with Gasteiger partial charge in [-0.05, 0) is 45.0 Å². The van der Waals surface area contributed by atoms with Crippen LogP contribution >= 0.6 is 0 Å². The lowest BCUT2D eigenvalue weighted by atomic mass is 10.0. The standard InChI is InChI=1S/C16H21N3O2/c1-11-8-12(2)15(19-7-5-6-17-19)14(9-11)10-18(4)13(3)16(20)21/h5-9,13H,10H2,1-4H3,(H,20,21)/t13-/m1/s1. The van der Waals surface area contributed by atoms with E-state index in [2.05, 4.69) is 17.2 Å². The van der Waals surface area contributed by atoms with Crippen molar-refractivity contribution in [2.24, 2.45) is 0 Å². The lowest BCUT2D eigenvalue weighted by Crippen LogP contribution is -2.35. The highest BCUT2D eigenvalue weighted by molar-refractivity contribution is 5.72. The van der Waals surface area contributed by atoms with Gasteiger partial charge >= 0.3 is 5.97 Å². The maximum Gasteiger partial charge on any atom is 0.320 e. The molecule has 0 aliphatic carbocycles. The molecule has 112 valence electrons. The van der Waals surface area contributed by atoms with Crippen molar-refractivity contribution in [3.63, 3.8) is 0 Å². The van der Waals surface area contributed by atoms with Gasteiger partial charge in [-0.1, -0.05) is 17.7 Å². The zero-order valence-electron chi connectivity index (χ0n) is 12.9. The molecule has 5 heteroatoms. The zero-order chi connectivity index (χ0) is 15.6. The van der Waals surface area contributed by atoms with Gasteiger partial charge in [0.25, 0.3) is 0 Å². The molecule has 0 amide bonds. The monoisotopic (exact) mass is 287 g/mol. The van der Waals surface area contributed by atoms with Gasteiger partial charge in [-0.3, -0.25) is 9.69 Å². The number of hydrogen-bond donors (Lipinski definition) is 1. The van der Waals surface area contributed by atoms with Crippen LogP contribution in [0.15, 0.2) is 30.6 Å². The number of carbonyl (C=O) groups is 1. The molecule has 1 N–H and O–H groups in total. The number of aliphatic carboxylic acids is 1. The fourth-order valence-corrected chi connectivity index (χ4v) is 2.49. The van der Waals surface area contributed by atoms with Gasteiger partial charge in [-0.2, -0.15) is 5.10 Å². The largest absolute Gasteiger partial charge is 0.480 e. The first-order valence-electron chi connectivity index (χ1n) is 6.93. The smallest absolute Gasteiger partial charge is 0.320 e. The Kier molecular flexibility index (Phi) is 4.43. The molecule has 0 radical (unpaired) electrons. The first-order chi connectivity index (χ1) is 9.90. The van der Waals surface area contributed by atoms with Crippen molar-refractivity contribution in [1.29, 1.82) is 0 Å². The van der Waals surface area contributed by atoms with Crippen LogP contribution in [0.5, 0.6) is 0 Å². The number of hydrogen-bond acceptors (Lipinski definition) is 3. The van der Waals surface area contributed by atoms with Crippen molar-refractivity contribution < 1.29 is 9.90 Å². The second kappa shape index (κ2) is 6.10. The van der Waals surface area contributed by atoms with Crippen LogP contribution in [-0.2, 0) is 11.3 Å². The summed E-state index contributed by atoms with van der Waals surface area (Å²) < 4.78 is 1.84. The van der Waals surface area contributed by atoms with E-state index >= 15 is 0 Å². The highest BCUT2D eigenvalue weighted by Gasteiger charge is 2.19. The second-order valence-electron chi connectivity index (χ2n) is 5.47. The van der Waals surface area contributed by atoms with Gasteiger partial charge in [-0.15, -0.1) is 0 Å². The van der Waals surface area contributed by atoms with Crippen molar-refractivity contribution in [3.05, 3.63) is 47.3 Å². The Labute approximate surface area is 124 Å². The fourth-order valence-electron chi connectivity index (χ4n) is 2.49. The topological polar surface area (TPSA) is 58.4 Å². The predicted molar refractivity (Wildman–Crippen MR) is 81.6 cm³/mol. The molecule has 0 saturated heterocycles. The van der Waals surface area contributed by atoms with Crippen molar-refractivity contribution in [1.82, 2.24) is 14.7 Å². The molecule has 1 atom stereocenters. The minimum absolute atomic E-state index is 0.531. The number of benzene rings is 1. The van der Waals surface area contributed by atoms with E-state index in [4.69, 9.17) is 5.11 Å². The summed E-state index contributed by atoms with van der Waals surface area (Å²) in [6.45, 7) is 6.35. The van der Waals surface area contributed by atoms with Crippen LogP contribution in [0.2, 0.25) is 0 Å². The molecule has 0 saturated carbocycles. The Morgan fingerprint density at radius 2 is 2.14 bits per heavy atom. The normalized spacial score (nSPS) is 12.6. The van der Waals surface area contributed by atoms with Gasteiger partial charge in [0.05, 0.1) is 5.69 Å². The van der Waals surface area contributed by atoms with Crippen LogP contribution in [0.25, 0.3) is 5.69 Å². The Morgan fingerprint density at radius 1 is 1.43 bits per heavy atom. The van der Waals surface area contributed by atoms with Gasteiger partial charge in [0.1, 0.15) is 6.04 Å². The van der Waals surface area contributed by atoms with Gasteiger partial charge in [0, 0.05) is 18.9 Å². The van der Waals surface area contributed by atoms with E-state index in [-0.39, 0.29) is 0 Å². The average molecular weight is 287 g/mol. The van der Waals surface area contributed by atoms with E-state index < -0.39 is 12.0 Å². The molecule has 5 nitrogen and oxygen atoms in total. The summed E-state index contributed by atoms with van der Waals surface area (Å²) in [5.41, 5.74) is 4.39. The molecule has 1 heterocycles. The van der Waals surface area contributed by atoms with E-state index in [1.807, 2.05) is 42.7 Å². The molecular formula is C16H21N3O2. The SMILES string of the molecule is Cc1cc(C)c(-n2cccn2)c(CN(C)[C@H](C)C(=O)O)c1. The molecule has 2 rings (SSSR count). The van der Waals surface area contributed by atoms with E-state index in [9.17, 15) is 4.79 Å². The molecule has 0 bridgehead atoms. The summed E-state index contributed by atoms with van der Waals surface area (Å²) in [6.07, 6.45) is 3.65. The summed E-state index contributed by atoms with van der Waals surface area (Å²) in [5, 5.41) is 13.4. The molecule has 0 unspecified atom stereocenters. The van der Waals surface area contributed by atoms with Gasteiger partial charge < -0.3 is 5.11 Å². The third kappa shape index (κ3) is 3.31. The molecule has 2 aromatic rings. The van der Waals surface area contributed by atoms with Crippen molar-refractivity contribution in [2.45, 2.75) is 33.4 Å². The van der Waals surface area contributed by atoms with Crippen molar-refractivity contribution >= 4 is 5.97 Å². The minimum atomic E-state index is -0.817. The average Bonchev–Trinajstić information content (AvgIpc) is 2.90. The highest BCUT2D eigenvalue weighted by Crippen LogP contribution is 2.22. The van der Waals surface area contributed by atoms with Crippen molar-refractivity contribution in [3.8, 4) is 5.69 Å². The maximum atomic E-state index is 11.1. The van der Waals surface area contributed by atoms with Crippen LogP contribution < -0.4 is 0 Å². The maximum absolute atomic E-state index is 11.1. The number of aromatic nitrogens is 2. The van der Waals surface area contributed by atoms with E-state index in [0.29, 0.717) is 6.54 Å². The number of aryl methyl sites for hydroxylation is 2. The van der Waals surface area contributed by atoms with E-state index in [0.717, 1.165) is 22.4 Å². The zero-order valence-corrected chi connectivity index (χ0v) is 12.9. The van der Waals surface area contributed by atoms with Crippen LogP contribution in [0.4, 0.5) is 0 Å². The number of likely N-dealkylation sites (N-methyl/N-ethyl adjacent to an activating group) is 1. The molecule has 0 spiro atoms. The van der Waals surface area contributed by atoms with Crippen molar-refractivity contribution in [2.75, 3.05) is 7.05 Å². The Balaban J connectivity index is 2.41. The van der Waals surface area contributed by atoms with Gasteiger partial charge in [-0.25, -0.2) is 4.68 Å². The molecule has 1 aromatic carbocycles. The van der Waals surface area contributed by atoms with E-state index in [1.165, 1.54) is 0 Å². The highest BCUT2D eigenvalue weighted by atomic mass is 16.4. The van der Waals surface area contributed by atoms with Crippen LogP contribution in [-0.4, -0.2) is 38.8 Å². The Hall–Kier alpha value is -2.14. The quantitative estimate of drug-likeness (QED) is 0.917. The third-order valence-electron chi connectivity index (χ3n) is 3.70. The third-order valence-corrected chi connectivity index (χ3v) is 3.70. The molecule has 21 heavy (non-hydrogen) atoms.